The Bertz CT molecular complexity index is 748. The number of ether oxygens (including phenoxy) is 2. The Morgan fingerprint density at radius 3 is 2.45 bits per heavy atom. The molecule has 1 aromatic carbocycles. The van der Waals surface area contributed by atoms with Crippen molar-refractivity contribution in [2.45, 2.75) is 0 Å². The van der Waals surface area contributed by atoms with Crippen molar-refractivity contribution >= 4 is 21.4 Å². The lowest BCUT2D eigenvalue weighted by atomic mass is 10.2. The summed E-state index contributed by atoms with van der Waals surface area (Å²) in [5, 5.41) is 0. The molecule has 3 rings (SSSR count). The number of nitrogens with zero attached hydrogens (tertiary/aromatic N) is 3. The molecule has 0 atom stereocenters. The van der Waals surface area contributed by atoms with Crippen LogP contribution >= 0.6 is 15.9 Å². The molecule has 0 saturated carbocycles. The number of aromatic nitrogens is 3. The molecule has 0 unspecified atom stereocenters. The molecular formula is C14H12BrN3O2. The first kappa shape index (κ1) is 12.9. The molecule has 2 aromatic heterocycles. The highest BCUT2D eigenvalue weighted by molar-refractivity contribution is 9.10. The highest BCUT2D eigenvalue weighted by Crippen LogP contribution is 2.31. The van der Waals surface area contributed by atoms with Crippen LogP contribution in [-0.2, 0) is 0 Å². The Morgan fingerprint density at radius 1 is 1.10 bits per heavy atom. The van der Waals surface area contributed by atoms with Crippen molar-refractivity contribution in [3.05, 3.63) is 41.4 Å². The Balaban J connectivity index is 2.25. The SMILES string of the molecule is COc1cc(OC)cc(-c2nc(Br)c3cnccn23)c1. The van der Waals surface area contributed by atoms with Gasteiger partial charge in [0, 0.05) is 24.0 Å². The van der Waals surface area contributed by atoms with Gasteiger partial charge in [0.25, 0.3) is 0 Å². The zero-order valence-corrected chi connectivity index (χ0v) is 12.6. The molecule has 0 spiro atoms. The van der Waals surface area contributed by atoms with Gasteiger partial charge in [-0.15, -0.1) is 0 Å². The molecule has 0 radical (unpaired) electrons. The van der Waals surface area contributed by atoms with Gasteiger partial charge in [0.15, 0.2) is 0 Å². The van der Waals surface area contributed by atoms with E-state index in [0.29, 0.717) is 0 Å². The quantitative estimate of drug-likeness (QED) is 0.738. The minimum Gasteiger partial charge on any atom is -0.497 e. The highest BCUT2D eigenvalue weighted by Gasteiger charge is 2.13. The second-order valence-electron chi connectivity index (χ2n) is 4.16. The van der Waals surface area contributed by atoms with Crippen molar-refractivity contribution in [1.82, 2.24) is 14.4 Å². The van der Waals surface area contributed by atoms with Crippen LogP contribution in [0.4, 0.5) is 0 Å². The maximum Gasteiger partial charge on any atom is 0.146 e. The third-order valence-electron chi connectivity index (χ3n) is 3.01. The van der Waals surface area contributed by atoms with E-state index in [-0.39, 0.29) is 0 Å². The van der Waals surface area contributed by atoms with E-state index in [4.69, 9.17) is 9.47 Å². The maximum absolute atomic E-state index is 5.30. The number of fused-ring (bicyclic) bond motifs is 1. The van der Waals surface area contributed by atoms with E-state index in [1.54, 1.807) is 26.6 Å². The number of halogens is 1. The summed E-state index contributed by atoms with van der Waals surface area (Å²) in [7, 11) is 3.25. The van der Waals surface area contributed by atoms with Crippen LogP contribution in [0.3, 0.4) is 0 Å². The average molecular weight is 334 g/mol. The van der Waals surface area contributed by atoms with Crippen molar-refractivity contribution < 1.29 is 9.47 Å². The standard InChI is InChI=1S/C14H12BrN3O2/c1-19-10-5-9(6-11(7-10)20-2)14-17-13(15)12-8-16-3-4-18(12)14/h3-8H,1-2H3. The third kappa shape index (κ3) is 2.12. The molecule has 0 bridgehead atoms. The zero-order valence-electron chi connectivity index (χ0n) is 11.0. The molecule has 0 saturated heterocycles. The van der Waals surface area contributed by atoms with Gasteiger partial charge >= 0.3 is 0 Å². The van der Waals surface area contributed by atoms with Gasteiger partial charge < -0.3 is 9.47 Å². The average Bonchev–Trinajstić information content (AvgIpc) is 2.84. The van der Waals surface area contributed by atoms with Crippen LogP contribution in [0.2, 0.25) is 0 Å². The number of hydrogen-bond donors (Lipinski definition) is 0. The van der Waals surface area contributed by atoms with Gasteiger partial charge in [-0.2, -0.15) is 0 Å². The fraction of sp³-hybridized carbons (Fsp3) is 0.143. The van der Waals surface area contributed by atoms with Crippen LogP contribution in [0.25, 0.3) is 16.9 Å². The monoisotopic (exact) mass is 333 g/mol. The Hall–Kier alpha value is -2.08. The summed E-state index contributed by atoms with van der Waals surface area (Å²) in [6, 6.07) is 5.67. The van der Waals surface area contributed by atoms with Crippen LogP contribution in [0.1, 0.15) is 0 Å². The van der Waals surface area contributed by atoms with E-state index in [1.165, 1.54) is 0 Å². The highest BCUT2D eigenvalue weighted by atomic mass is 79.9. The van der Waals surface area contributed by atoms with Gasteiger partial charge in [-0.05, 0) is 28.1 Å². The summed E-state index contributed by atoms with van der Waals surface area (Å²) in [6.45, 7) is 0. The summed E-state index contributed by atoms with van der Waals surface area (Å²) in [5.74, 6) is 2.24. The van der Waals surface area contributed by atoms with Gasteiger partial charge in [0.2, 0.25) is 0 Å². The molecule has 3 aromatic rings. The largest absolute Gasteiger partial charge is 0.497 e. The Labute approximate surface area is 124 Å². The molecule has 0 fully saturated rings. The topological polar surface area (TPSA) is 48.7 Å². The van der Waals surface area contributed by atoms with Crippen LogP contribution in [0, 0.1) is 0 Å². The summed E-state index contributed by atoms with van der Waals surface area (Å²) in [6.07, 6.45) is 5.36. The second-order valence-corrected chi connectivity index (χ2v) is 4.91. The van der Waals surface area contributed by atoms with Gasteiger partial charge in [-0.3, -0.25) is 9.38 Å². The van der Waals surface area contributed by atoms with Crippen LogP contribution in [0.15, 0.2) is 41.4 Å². The van der Waals surface area contributed by atoms with E-state index >= 15 is 0 Å². The molecule has 2 heterocycles. The minimum atomic E-state index is 0.723. The summed E-state index contributed by atoms with van der Waals surface area (Å²) >= 11 is 3.45. The lowest BCUT2D eigenvalue weighted by Gasteiger charge is -2.07. The minimum absolute atomic E-state index is 0.723. The lowest BCUT2D eigenvalue weighted by Crippen LogP contribution is -1.92. The molecule has 0 aliphatic rings. The van der Waals surface area contributed by atoms with E-state index < -0.39 is 0 Å². The van der Waals surface area contributed by atoms with Crippen molar-refractivity contribution in [3.8, 4) is 22.9 Å². The first-order valence-electron chi connectivity index (χ1n) is 5.94. The van der Waals surface area contributed by atoms with Crippen molar-refractivity contribution in [2.75, 3.05) is 14.2 Å². The van der Waals surface area contributed by atoms with Crippen LogP contribution < -0.4 is 9.47 Å². The summed E-state index contributed by atoms with van der Waals surface area (Å²) in [5.41, 5.74) is 1.82. The Morgan fingerprint density at radius 2 is 1.80 bits per heavy atom. The molecule has 5 nitrogen and oxygen atoms in total. The lowest BCUT2D eigenvalue weighted by molar-refractivity contribution is 0.394. The van der Waals surface area contributed by atoms with Crippen molar-refractivity contribution in [2.24, 2.45) is 0 Å². The Kier molecular flexibility index (Phi) is 3.31. The predicted octanol–water partition coefficient (Wildman–Crippen LogP) is 3.18. The normalized spacial score (nSPS) is 10.8. The van der Waals surface area contributed by atoms with Gasteiger partial charge in [0.05, 0.1) is 25.9 Å². The number of benzene rings is 1. The molecule has 0 aliphatic carbocycles. The molecule has 6 heteroatoms. The molecule has 0 amide bonds. The number of methoxy groups -OCH3 is 2. The van der Waals surface area contributed by atoms with Gasteiger partial charge in [-0.25, -0.2) is 4.98 Å². The first-order valence-corrected chi connectivity index (χ1v) is 6.73. The van der Waals surface area contributed by atoms with E-state index in [2.05, 4.69) is 25.9 Å². The van der Waals surface area contributed by atoms with Crippen molar-refractivity contribution in [3.63, 3.8) is 0 Å². The smallest absolute Gasteiger partial charge is 0.146 e. The van der Waals surface area contributed by atoms with Gasteiger partial charge in [-0.1, -0.05) is 0 Å². The van der Waals surface area contributed by atoms with Gasteiger partial charge in [0.1, 0.15) is 21.9 Å². The number of hydrogen-bond acceptors (Lipinski definition) is 4. The van der Waals surface area contributed by atoms with E-state index in [0.717, 1.165) is 33.0 Å². The maximum atomic E-state index is 5.30. The number of imidazole rings is 1. The second kappa shape index (κ2) is 5.13. The molecular weight excluding hydrogens is 322 g/mol. The van der Waals surface area contributed by atoms with Crippen molar-refractivity contribution in [1.29, 1.82) is 0 Å². The molecule has 0 aliphatic heterocycles. The first-order chi connectivity index (χ1) is 9.72. The van der Waals surface area contributed by atoms with Crippen LogP contribution in [0.5, 0.6) is 11.5 Å². The van der Waals surface area contributed by atoms with Crippen LogP contribution in [-0.4, -0.2) is 28.6 Å². The van der Waals surface area contributed by atoms with E-state index in [9.17, 15) is 0 Å². The molecule has 102 valence electrons. The predicted molar refractivity (Wildman–Crippen MR) is 79.2 cm³/mol. The zero-order chi connectivity index (χ0) is 14.1. The molecule has 20 heavy (non-hydrogen) atoms. The summed E-state index contributed by atoms with van der Waals surface area (Å²) < 4.78 is 13.3. The number of rotatable bonds is 3. The fourth-order valence-corrected chi connectivity index (χ4v) is 2.50. The summed E-state index contributed by atoms with van der Waals surface area (Å²) in [4.78, 5) is 8.65. The van der Waals surface area contributed by atoms with E-state index in [1.807, 2.05) is 28.8 Å². The molecule has 0 N–H and O–H groups in total. The fourth-order valence-electron chi connectivity index (χ4n) is 2.04. The third-order valence-corrected chi connectivity index (χ3v) is 3.59.